The van der Waals surface area contributed by atoms with Crippen LogP contribution in [0.25, 0.3) is 0 Å². The van der Waals surface area contributed by atoms with Gasteiger partial charge in [0.25, 0.3) is 10.0 Å². The van der Waals surface area contributed by atoms with Gasteiger partial charge in [0.05, 0.1) is 12.5 Å². The number of sulfonamides is 1. The molecule has 0 spiro atoms. The second-order valence-corrected chi connectivity index (χ2v) is 10.2. The summed E-state index contributed by atoms with van der Waals surface area (Å²) in [6, 6.07) is 6.87. The maximum absolute atomic E-state index is 13.3. The fourth-order valence-corrected chi connectivity index (χ4v) is 5.98. The highest BCUT2D eigenvalue weighted by molar-refractivity contribution is 7.90. The second kappa shape index (κ2) is 9.58. The highest BCUT2D eigenvalue weighted by atomic mass is 32.2. The van der Waals surface area contributed by atoms with Crippen molar-refractivity contribution in [1.82, 2.24) is 20.0 Å². The van der Waals surface area contributed by atoms with E-state index < -0.39 is 10.0 Å². The van der Waals surface area contributed by atoms with E-state index in [2.05, 4.69) is 14.6 Å². The Hall–Kier alpha value is -2.46. The Morgan fingerprint density at radius 2 is 1.91 bits per heavy atom. The van der Waals surface area contributed by atoms with Crippen molar-refractivity contribution in [2.45, 2.75) is 31.1 Å². The Morgan fingerprint density at radius 3 is 2.72 bits per heavy atom. The molecule has 32 heavy (non-hydrogen) atoms. The van der Waals surface area contributed by atoms with Gasteiger partial charge in [0.15, 0.2) is 5.84 Å². The molecular formula is C22H31N5O4S. The highest BCUT2D eigenvalue weighted by Crippen LogP contribution is 2.30. The maximum Gasteiger partial charge on any atom is 0.285 e. The number of likely N-dealkylation sites (tertiary alicyclic amines) is 1. The van der Waals surface area contributed by atoms with Gasteiger partial charge in [-0.1, -0.05) is 12.1 Å². The number of fused-ring (bicyclic) bond motifs is 1. The molecule has 1 unspecified atom stereocenters. The Bertz CT molecular complexity index is 1010. The van der Waals surface area contributed by atoms with E-state index in [1.165, 1.54) is 0 Å². The van der Waals surface area contributed by atoms with Gasteiger partial charge in [0.2, 0.25) is 11.8 Å². The van der Waals surface area contributed by atoms with Crippen LogP contribution in [0.2, 0.25) is 0 Å². The number of nitrogens with zero attached hydrogens (tertiary/aromatic N) is 4. The van der Waals surface area contributed by atoms with Crippen molar-refractivity contribution < 1.29 is 18.0 Å². The largest absolute Gasteiger partial charge is 0.355 e. The molecule has 3 heterocycles. The quantitative estimate of drug-likeness (QED) is 0.701. The minimum Gasteiger partial charge on any atom is -0.355 e. The predicted molar refractivity (Wildman–Crippen MR) is 121 cm³/mol. The van der Waals surface area contributed by atoms with Crippen molar-refractivity contribution in [1.29, 1.82) is 0 Å². The number of carbonyl (C=O) groups is 2. The first-order valence-corrected chi connectivity index (χ1v) is 12.8. The van der Waals surface area contributed by atoms with Gasteiger partial charge < -0.3 is 15.1 Å². The lowest BCUT2D eigenvalue weighted by Gasteiger charge is -2.35. The van der Waals surface area contributed by atoms with Crippen LogP contribution in [0.3, 0.4) is 0 Å². The number of amidine groups is 1. The van der Waals surface area contributed by atoms with Gasteiger partial charge in [-0.15, -0.1) is 4.40 Å². The zero-order valence-electron chi connectivity index (χ0n) is 18.5. The standard InChI is InChI=1S/C22H31N5O4S/c1-2-23-20(28)16-25-10-6-12-26(14-13-25)22(29)17-7-5-11-27(15-17)21-18-8-3-4-9-19(18)32(30,31)24-21/h3-4,8-9,17H,2,5-7,10-16H2,1H3,(H,23,28). The lowest BCUT2D eigenvalue weighted by molar-refractivity contribution is -0.136. The zero-order chi connectivity index (χ0) is 22.7. The smallest absolute Gasteiger partial charge is 0.285 e. The normalized spacial score (nSPS) is 23.3. The van der Waals surface area contributed by atoms with Crippen LogP contribution in [0.15, 0.2) is 33.6 Å². The monoisotopic (exact) mass is 461 g/mol. The van der Waals surface area contributed by atoms with Crippen LogP contribution in [0, 0.1) is 5.92 Å². The Labute approximate surface area is 189 Å². The van der Waals surface area contributed by atoms with Crippen LogP contribution < -0.4 is 5.32 Å². The number of rotatable bonds is 4. The molecule has 2 amide bonds. The first-order valence-electron chi connectivity index (χ1n) is 11.4. The molecule has 1 aromatic carbocycles. The topological polar surface area (TPSA) is 102 Å². The van der Waals surface area contributed by atoms with Gasteiger partial charge in [0.1, 0.15) is 4.90 Å². The summed E-state index contributed by atoms with van der Waals surface area (Å²) in [5.41, 5.74) is 0.622. The Morgan fingerprint density at radius 1 is 1.09 bits per heavy atom. The van der Waals surface area contributed by atoms with Crippen LogP contribution in [0.4, 0.5) is 0 Å². The molecule has 10 heteroatoms. The fraction of sp³-hybridized carbons (Fsp3) is 0.591. The minimum absolute atomic E-state index is 0.0165. The summed E-state index contributed by atoms with van der Waals surface area (Å²) in [4.78, 5) is 31.4. The van der Waals surface area contributed by atoms with Crippen LogP contribution in [0.5, 0.6) is 0 Å². The number of benzene rings is 1. The van der Waals surface area contributed by atoms with Crippen molar-refractivity contribution in [2.24, 2.45) is 10.3 Å². The van der Waals surface area contributed by atoms with Crippen LogP contribution >= 0.6 is 0 Å². The van der Waals surface area contributed by atoms with Gasteiger partial charge in [-0.2, -0.15) is 8.42 Å². The fourth-order valence-electron chi connectivity index (χ4n) is 4.75. The molecule has 0 bridgehead atoms. The van der Waals surface area contributed by atoms with Crippen LogP contribution in [0.1, 0.15) is 31.7 Å². The van der Waals surface area contributed by atoms with Gasteiger partial charge >= 0.3 is 0 Å². The van der Waals surface area contributed by atoms with Crippen LogP contribution in [-0.4, -0.2) is 93.1 Å². The third-order valence-electron chi connectivity index (χ3n) is 6.32. The van der Waals surface area contributed by atoms with Gasteiger partial charge in [0, 0.05) is 51.4 Å². The van der Waals surface area contributed by atoms with Gasteiger partial charge in [-0.25, -0.2) is 0 Å². The summed E-state index contributed by atoms with van der Waals surface area (Å²) in [7, 11) is -3.67. The summed E-state index contributed by atoms with van der Waals surface area (Å²) >= 11 is 0. The number of piperidine rings is 1. The molecular weight excluding hydrogens is 430 g/mol. The van der Waals surface area contributed by atoms with Crippen molar-refractivity contribution in [3.8, 4) is 0 Å². The zero-order valence-corrected chi connectivity index (χ0v) is 19.3. The number of likely N-dealkylation sites (N-methyl/N-ethyl adjacent to an activating group) is 1. The van der Waals surface area contributed by atoms with Crippen LogP contribution in [-0.2, 0) is 19.6 Å². The molecule has 0 aromatic heterocycles. The summed E-state index contributed by atoms with van der Waals surface area (Å²) in [6.07, 6.45) is 2.44. The number of amides is 2. The highest BCUT2D eigenvalue weighted by Gasteiger charge is 2.36. The molecule has 174 valence electrons. The molecule has 0 aliphatic carbocycles. The molecule has 0 saturated carbocycles. The van der Waals surface area contributed by atoms with E-state index in [-0.39, 0.29) is 22.6 Å². The molecule has 1 N–H and O–H groups in total. The van der Waals surface area contributed by atoms with E-state index in [1.807, 2.05) is 22.8 Å². The molecule has 3 aliphatic heterocycles. The summed E-state index contributed by atoms with van der Waals surface area (Å²) in [5.74, 6) is 0.408. The van der Waals surface area contributed by atoms with Gasteiger partial charge in [-0.05, 0) is 38.3 Å². The van der Waals surface area contributed by atoms with E-state index in [0.29, 0.717) is 57.2 Å². The molecule has 2 fully saturated rings. The second-order valence-electron chi connectivity index (χ2n) is 8.58. The van der Waals surface area contributed by atoms with E-state index in [0.717, 1.165) is 25.8 Å². The van der Waals surface area contributed by atoms with Crippen molar-refractivity contribution >= 4 is 27.7 Å². The Kier molecular flexibility index (Phi) is 6.80. The summed E-state index contributed by atoms with van der Waals surface area (Å²) in [6.45, 7) is 6.80. The molecule has 1 atom stereocenters. The molecule has 9 nitrogen and oxygen atoms in total. The predicted octanol–water partition coefficient (Wildman–Crippen LogP) is 0.518. The molecule has 3 aliphatic rings. The van der Waals surface area contributed by atoms with Crippen molar-refractivity contribution in [3.05, 3.63) is 29.8 Å². The molecule has 1 aromatic rings. The Balaban J connectivity index is 1.40. The van der Waals surface area contributed by atoms with Gasteiger partial charge in [-0.3, -0.25) is 14.5 Å². The number of hydrogen-bond donors (Lipinski definition) is 1. The lowest BCUT2D eigenvalue weighted by Crippen LogP contribution is -2.47. The summed E-state index contributed by atoms with van der Waals surface area (Å²) in [5, 5.41) is 2.82. The van der Waals surface area contributed by atoms with Crippen molar-refractivity contribution in [2.75, 3.05) is 52.4 Å². The SMILES string of the molecule is CCNC(=O)CN1CCCN(C(=O)C2CCCN(C3=NS(=O)(=O)c4ccccc43)C2)CC1. The third-order valence-corrected chi connectivity index (χ3v) is 7.65. The molecule has 2 saturated heterocycles. The lowest BCUT2D eigenvalue weighted by atomic mass is 9.95. The third kappa shape index (κ3) is 4.80. The first-order chi connectivity index (χ1) is 15.4. The number of nitrogens with one attached hydrogen (secondary N) is 1. The molecule has 4 rings (SSSR count). The number of carbonyl (C=O) groups excluding carboxylic acids is 2. The number of hydrogen-bond acceptors (Lipinski definition) is 6. The average molecular weight is 462 g/mol. The minimum atomic E-state index is -3.67. The molecule has 0 radical (unpaired) electrons. The van der Waals surface area contributed by atoms with E-state index >= 15 is 0 Å². The van der Waals surface area contributed by atoms with E-state index in [9.17, 15) is 18.0 Å². The van der Waals surface area contributed by atoms with Crippen molar-refractivity contribution in [3.63, 3.8) is 0 Å². The maximum atomic E-state index is 13.3. The summed E-state index contributed by atoms with van der Waals surface area (Å²) < 4.78 is 28.9. The van der Waals surface area contributed by atoms with E-state index in [1.54, 1.807) is 18.2 Å². The first kappa shape index (κ1) is 22.7. The van der Waals surface area contributed by atoms with E-state index in [4.69, 9.17) is 0 Å². The average Bonchev–Trinajstić information content (AvgIpc) is 2.91.